The Balaban J connectivity index is 1.58. The van der Waals surface area contributed by atoms with Gasteiger partial charge in [0.15, 0.2) is 0 Å². The van der Waals surface area contributed by atoms with Gasteiger partial charge in [-0.15, -0.1) is 0 Å². The van der Waals surface area contributed by atoms with Gasteiger partial charge >= 0.3 is 11.8 Å². The molecular weight excluding hydrogens is 422 g/mol. The van der Waals surface area contributed by atoms with E-state index in [-0.39, 0.29) is 11.6 Å². The van der Waals surface area contributed by atoms with Gasteiger partial charge in [0.1, 0.15) is 0 Å². The molecule has 2 aromatic rings. The SMILES string of the molecule is CCN(CC)c1ccc(/C=N\NC(=O)C(=O)Nc2ccccc2C(=O)N2CCOCC2)cc1. The van der Waals surface area contributed by atoms with Gasteiger partial charge in [-0.3, -0.25) is 14.4 Å². The molecule has 0 atom stereocenters. The summed E-state index contributed by atoms with van der Waals surface area (Å²) >= 11 is 0. The minimum atomic E-state index is -0.931. The van der Waals surface area contributed by atoms with Gasteiger partial charge in [0, 0.05) is 31.9 Å². The number of hydrogen-bond donors (Lipinski definition) is 2. The van der Waals surface area contributed by atoms with Crippen LogP contribution in [-0.4, -0.2) is 68.2 Å². The Morgan fingerprint density at radius 3 is 2.33 bits per heavy atom. The molecule has 1 heterocycles. The van der Waals surface area contributed by atoms with E-state index in [2.05, 4.69) is 34.6 Å². The Labute approximate surface area is 193 Å². The van der Waals surface area contributed by atoms with Crippen LogP contribution in [0.3, 0.4) is 0 Å². The summed E-state index contributed by atoms with van der Waals surface area (Å²) in [4.78, 5) is 41.2. The number of morpholine rings is 1. The zero-order valence-electron chi connectivity index (χ0n) is 18.9. The van der Waals surface area contributed by atoms with Gasteiger partial charge in [-0.1, -0.05) is 24.3 Å². The number of hydrogen-bond acceptors (Lipinski definition) is 6. The molecule has 1 saturated heterocycles. The first-order valence-electron chi connectivity index (χ1n) is 11.0. The van der Waals surface area contributed by atoms with Crippen molar-refractivity contribution in [2.75, 3.05) is 49.6 Å². The molecule has 3 amide bonds. The number of carbonyl (C=O) groups is 3. The Morgan fingerprint density at radius 1 is 1.00 bits per heavy atom. The highest BCUT2D eigenvalue weighted by Gasteiger charge is 2.22. The molecule has 0 spiro atoms. The molecule has 0 aliphatic carbocycles. The van der Waals surface area contributed by atoms with E-state index in [4.69, 9.17) is 4.74 Å². The number of carbonyl (C=O) groups excluding carboxylic acids is 3. The number of nitrogens with zero attached hydrogens (tertiary/aromatic N) is 3. The van der Waals surface area contributed by atoms with Crippen molar-refractivity contribution in [3.05, 3.63) is 59.7 Å². The van der Waals surface area contributed by atoms with Crippen LogP contribution in [0.4, 0.5) is 11.4 Å². The van der Waals surface area contributed by atoms with Crippen molar-refractivity contribution in [2.24, 2.45) is 5.10 Å². The van der Waals surface area contributed by atoms with Crippen molar-refractivity contribution in [1.82, 2.24) is 10.3 Å². The van der Waals surface area contributed by atoms with E-state index in [0.29, 0.717) is 31.9 Å². The maximum Gasteiger partial charge on any atom is 0.329 e. The Bertz CT molecular complexity index is 996. The molecule has 1 fully saturated rings. The van der Waals surface area contributed by atoms with E-state index < -0.39 is 11.8 Å². The van der Waals surface area contributed by atoms with Gasteiger partial charge in [-0.25, -0.2) is 5.43 Å². The first kappa shape index (κ1) is 23.9. The first-order chi connectivity index (χ1) is 16.0. The van der Waals surface area contributed by atoms with Gasteiger partial charge in [0.25, 0.3) is 5.91 Å². The second-order valence-electron chi connectivity index (χ2n) is 7.37. The zero-order valence-corrected chi connectivity index (χ0v) is 18.9. The number of nitrogens with one attached hydrogen (secondary N) is 2. The van der Waals surface area contributed by atoms with Gasteiger partial charge in [-0.05, 0) is 43.7 Å². The van der Waals surface area contributed by atoms with Gasteiger partial charge in [-0.2, -0.15) is 5.10 Å². The lowest BCUT2D eigenvalue weighted by Crippen LogP contribution is -2.41. The highest BCUT2D eigenvalue weighted by molar-refractivity contribution is 6.40. The summed E-state index contributed by atoms with van der Waals surface area (Å²) in [6.45, 7) is 7.91. The van der Waals surface area contributed by atoms with Crippen LogP contribution in [-0.2, 0) is 14.3 Å². The summed E-state index contributed by atoms with van der Waals surface area (Å²) in [5.41, 5.74) is 4.69. The summed E-state index contributed by atoms with van der Waals surface area (Å²) in [5, 5.41) is 6.36. The van der Waals surface area contributed by atoms with E-state index in [0.717, 1.165) is 24.3 Å². The number of benzene rings is 2. The van der Waals surface area contributed by atoms with E-state index in [1.807, 2.05) is 24.3 Å². The van der Waals surface area contributed by atoms with Gasteiger partial charge in [0.05, 0.1) is 30.7 Å². The second kappa shape index (κ2) is 11.8. The lowest BCUT2D eigenvalue weighted by Gasteiger charge is -2.27. The number of ether oxygens (including phenoxy) is 1. The number of rotatable bonds is 7. The Hall–Kier alpha value is -3.72. The first-order valence-corrected chi connectivity index (χ1v) is 11.0. The van der Waals surface area contributed by atoms with E-state index in [9.17, 15) is 14.4 Å². The maximum absolute atomic E-state index is 12.8. The van der Waals surface area contributed by atoms with Crippen LogP contribution in [0.5, 0.6) is 0 Å². The summed E-state index contributed by atoms with van der Waals surface area (Å²) in [6, 6.07) is 14.3. The van der Waals surface area contributed by atoms with Crippen molar-refractivity contribution in [2.45, 2.75) is 13.8 Å². The molecule has 0 unspecified atom stereocenters. The molecule has 1 aliphatic heterocycles. The number of para-hydroxylation sites is 1. The molecule has 0 bridgehead atoms. The molecule has 0 saturated carbocycles. The minimum Gasteiger partial charge on any atom is -0.378 e. The molecule has 1 aliphatic rings. The van der Waals surface area contributed by atoms with Crippen LogP contribution in [0.2, 0.25) is 0 Å². The summed E-state index contributed by atoms with van der Waals surface area (Å²) in [6.07, 6.45) is 1.47. The fourth-order valence-electron chi connectivity index (χ4n) is 3.47. The molecule has 174 valence electrons. The summed E-state index contributed by atoms with van der Waals surface area (Å²) in [7, 11) is 0. The van der Waals surface area contributed by atoms with Gasteiger partial charge in [0.2, 0.25) is 0 Å². The van der Waals surface area contributed by atoms with Crippen LogP contribution < -0.4 is 15.6 Å². The fraction of sp³-hybridized carbons (Fsp3) is 0.333. The topological polar surface area (TPSA) is 103 Å². The smallest absolute Gasteiger partial charge is 0.329 e. The van der Waals surface area contributed by atoms with Gasteiger partial charge < -0.3 is 19.9 Å². The largest absolute Gasteiger partial charge is 0.378 e. The molecule has 2 N–H and O–H groups in total. The van der Waals surface area contributed by atoms with Crippen molar-refractivity contribution in [3.8, 4) is 0 Å². The van der Waals surface area contributed by atoms with E-state index in [1.165, 1.54) is 6.21 Å². The van der Waals surface area contributed by atoms with Crippen LogP contribution in [0, 0.1) is 0 Å². The van der Waals surface area contributed by atoms with Crippen molar-refractivity contribution < 1.29 is 19.1 Å². The lowest BCUT2D eigenvalue weighted by atomic mass is 10.1. The number of anilines is 2. The number of amides is 3. The average Bonchev–Trinajstić information content (AvgIpc) is 2.86. The average molecular weight is 452 g/mol. The van der Waals surface area contributed by atoms with Crippen LogP contribution in [0.25, 0.3) is 0 Å². The fourth-order valence-corrected chi connectivity index (χ4v) is 3.47. The van der Waals surface area contributed by atoms with Crippen LogP contribution in [0.15, 0.2) is 53.6 Å². The summed E-state index contributed by atoms with van der Waals surface area (Å²) < 4.78 is 5.28. The van der Waals surface area contributed by atoms with Crippen molar-refractivity contribution >= 4 is 35.3 Å². The predicted molar refractivity (Wildman–Crippen MR) is 128 cm³/mol. The monoisotopic (exact) mass is 451 g/mol. The Kier molecular flexibility index (Phi) is 8.54. The molecule has 0 aromatic heterocycles. The van der Waals surface area contributed by atoms with Crippen LogP contribution >= 0.6 is 0 Å². The van der Waals surface area contributed by atoms with E-state index >= 15 is 0 Å². The van der Waals surface area contributed by atoms with Crippen LogP contribution in [0.1, 0.15) is 29.8 Å². The van der Waals surface area contributed by atoms with E-state index in [1.54, 1.807) is 29.2 Å². The molecule has 33 heavy (non-hydrogen) atoms. The second-order valence-corrected chi connectivity index (χ2v) is 7.37. The standard InChI is InChI=1S/C24H29N5O4/c1-3-28(4-2)19-11-9-18(10-12-19)17-25-27-23(31)22(30)26-21-8-6-5-7-20(21)24(32)29-13-15-33-16-14-29/h5-12,17H,3-4,13-16H2,1-2H3,(H,26,30)(H,27,31)/b25-17-. The normalized spacial score (nSPS) is 13.6. The highest BCUT2D eigenvalue weighted by Crippen LogP contribution is 2.18. The third kappa shape index (κ3) is 6.39. The molecule has 9 heteroatoms. The molecular formula is C24H29N5O4. The quantitative estimate of drug-likeness (QED) is 0.381. The lowest BCUT2D eigenvalue weighted by molar-refractivity contribution is -0.136. The number of hydrazone groups is 1. The maximum atomic E-state index is 12.8. The minimum absolute atomic E-state index is 0.221. The molecule has 9 nitrogen and oxygen atoms in total. The predicted octanol–water partition coefficient (Wildman–Crippen LogP) is 2.09. The highest BCUT2D eigenvalue weighted by atomic mass is 16.5. The molecule has 0 radical (unpaired) electrons. The third-order valence-electron chi connectivity index (χ3n) is 5.31. The Morgan fingerprint density at radius 2 is 1.67 bits per heavy atom. The van der Waals surface area contributed by atoms with Crippen molar-refractivity contribution in [3.63, 3.8) is 0 Å². The van der Waals surface area contributed by atoms with Crippen molar-refractivity contribution in [1.29, 1.82) is 0 Å². The molecule has 3 rings (SSSR count). The zero-order chi connectivity index (χ0) is 23.6. The summed E-state index contributed by atoms with van der Waals surface area (Å²) in [5.74, 6) is -2.06. The third-order valence-corrected chi connectivity index (χ3v) is 5.31. The molecule has 2 aromatic carbocycles.